The fourth-order valence-electron chi connectivity index (χ4n) is 3.44. The molecule has 0 radical (unpaired) electrons. The predicted molar refractivity (Wildman–Crippen MR) is 82.5 cm³/mol. The van der Waals surface area contributed by atoms with Crippen molar-refractivity contribution in [3.8, 4) is 0 Å². The number of urea groups is 1. The first-order chi connectivity index (χ1) is 11.8. The van der Waals surface area contributed by atoms with Gasteiger partial charge in [-0.1, -0.05) is 0 Å². The Labute approximate surface area is 143 Å². The Morgan fingerprint density at radius 1 is 1.36 bits per heavy atom. The molecule has 0 aliphatic carbocycles. The lowest BCUT2D eigenvalue weighted by molar-refractivity contribution is -0.144. The topological polar surface area (TPSA) is 137 Å². The summed E-state index contributed by atoms with van der Waals surface area (Å²) in [6.07, 6.45) is 4.12. The van der Waals surface area contributed by atoms with Gasteiger partial charge in [-0.05, 0) is 37.0 Å². The number of aromatic nitrogens is 1. The molecular formula is C14H17N3O7S. The number of hydrogen-bond donors (Lipinski definition) is 2. The second-order valence-corrected chi connectivity index (χ2v) is 7.07. The second-order valence-electron chi connectivity index (χ2n) is 6.07. The van der Waals surface area contributed by atoms with Gasteiger partial charge in [-0.25, -0.2) is 4.79 Å². The van der Waals surface area contributed by atoms with Crippen LogP contribution in [-0.2, 0) is 25.9 Å². The summed E-state index contributed by atoms with van der Waals surface area (Å²) in [5, 5.41) is 10.2. The lowest BCUT2D eigenvalue weighted by Gasteiger charge is -2.34. The number of pyridine rings is 1. The van der Waals surface area contributed by atoms with Crippen LogP contribution >= 0.6 is 0 Å². The van der Waals surface area contributed by atoms with Crippen molar-refractivity contribution in [2.24, 2.45) is 5.92 Å². The van der Waals surface area contributed by atoms with Crippen LogP contribution in [0.5, 0.6) is 0 Å². The smallest absolute Gasteiger partial charge is 0.418 e. The van der Waals surface area contributed by atoms with E-state index in [9.17, 15) is 23.1 Å². The highest BCUT2D eigenvalue weighted by Crippen LogP contribution is 2.35. The first-order valence-electron chi connectivity index (χ1n) is 7.65. The van der Waals surface area contributed by atoms with Crippen molar-refractivity contribution >= 4 is 22.4 Å². The van der Waals surface area contributed by atoms with Gasteiger partial charge in [0.05, 0.1) is 12.0 Å². The van der Waals surface area contributed by atoms with E-state index in [1.165, 1.54) is 4.90 Å². The molecule has 2 fully saturated rings. The minimum atomic E-state index is -4.83. The van der Waals surface area contributed by atoms with Crippen molar-refractivity contribution in [1.29, 1.82) is 0 Å². The third-order valence-electron chi connectivity index (χ3n) is 4.53. The summed E-state index contributed by atoms with van der Waals surface area (Å²) in [4.78, 5) is 29.4. The molecule has 3 heterocycles. The summed E-state index contributed by atoms with van der Waals surface area (Å²) in [5.41, 5.74) is 0.780. The molecule has 0 saturated carbocycles. The number of rotatable bonds is 6. The molecule has 2 amide bonds. The van der Waals surface area contributed by atoms with Crippen molar-refractivity contribution in [3.63, 3.8) is 0 Å². The van der Waals surface area contributed by atoms with Crippen LogP contribution in [0.25, 0.3) is 0 Å². The minimum Gasteiger partial charge on any atom is -0.481 e. The second kappa shape index (κ2) is 6.58. The van der Waals surface area contributed by atoms with Crippen LogP contribution in [0.4, 0.5) is 4.79 Å². The maximum atomic E-state index is 12.4. The number of amides is 2. The van der Waals surface area contributed by atoms with Gasteiger partial charge in [0.25, 0.3) is 0 Å². The van der Waals surface area contributed by atoms with E-state index in [0.29, 0.717) is 17.9 Å². The zero-order chi connectivity index (χ0) is 18.2. The van der Waals surface area contributed by atoms with Gasteiger partial charge in [0, 0.05) is 25.0 Å². The van der Waals surface area contributed by atoms with E-state index < -0.39 is 40.4 Å². The van der Waals surface area contributed by atoms with E-state index >= 15 is 0 Å². The molecule has 10 nitrogen and oxygen atoms in total. The lowest BCUT2D eigenvalue weighted by Crippen LogP contribution is -2.47. The molecular weight excluding hydrogens is 354 g/mol. The first kappa shape index (κ1) is 17.6. The molecule has 2 bridgehead atoms. The fraction of sp³-hybridized carbons (Fsp3) is 0.500. The zero-order valence-electron chi connectivity index (χ0n) is 13.1. The van der Waals surface area contributed by atoms with Gasteiger partial charge in [-0.2, -0.15) is 13.5 Å². The van der Waals surface area contributed by atoms with Crippen molar-refractivity contribution in [3.05, 3.63) is 30.1 Å². The molecule has 2 N–H and O–H groups in total. The number of piperidine rings is 1. The van der Waals surface area contributed by atoms with Crippen molar-refractivity contribution in [1.82, 2.24) is 14.9 Å². The number of aliphatic carboxylic acids is 1. The van der Waals surface area contributed by atoms with Crippen LogP contribution in [0.15, 0.2) is 24.5 Å². The number of carbonyl (C=O) groups excluding carboxylic acids is 1. The number of carboxylic acids is 1. The molecule has 25 heavy (non-hydrogen) atoms. The number of carbonyl (C=O) groups is 2. The van der Waals surface area contributed by atoms with E-state index in [-0.39, 0.29) is 13.0 Å². The highest BCUT2D eigenvalue weighted by molar-refractivity contribution is 7.80. The van der Waals surface area contributed by atoms with Gasteiger partial charge in [0.2, 0.25) is 0 Å². The highest BCUT2D eigenvalue weighted by atomic mass is 32.3. The average Bonchev–Trinajstić information content (AvgIpc) is 2.78. The largest absolute Gasteiger partial charge is 0.481 e. The fourth-order valence-corrected chi connectivity index (χ4v) is 3.83. The molecule has 0 spiro atoms. The molecule has 2 aliphatic rings. The third kappa shape index (κ3) is 3.72. The molecule has 2 aliphatic heterocycles. The molecule has 1 aromatic rings. The Morgan fingerprint density at radius 2 is 2.04 bits per heavy atom. The van der Waals surface area contributed by atoms with Crippen molar-refractivity contribution < 1.29 is 31.9 Å². The number of nitrogens with zero attached hydrogens (tertiary/aromatic N) is 3. The summed E-state index contributed by atoms with van der Waals surface area (Å²) in [7, 11) is -4.83. The Balaban J connectivity index is 1.80. The van der Waals surface area contributed by atoms with Gasteiger partial charge in [0.1, 0.15) is 0 Å². The van der Waals surface area contributed by atoms with E-state index in [4.69, 9.17) is 4.55 Å². The number of fused-ring (bicyclic) bond motifs is 2. The molecule has 0 aromatic carbocycles. The molecule has 136 valence electrons. The summed E-state index contributed by atoms with van der Waals surface area (Å²) in [6, 6.07) is 1.53. The van der Waals surface area contributed by atoms with Gasteiger partial charge in [-0.3, -0.25) is 14.3 Å². The van der Waals surface area contributed by atoms with E-state index in [1.807, 2.05) is 0 Å². The van der Waals surface area contributed by atoms with Crippen LogP contribution in [-0.4, -0.2) is 63.7 Å². The van der Waals surface area contributed by atoms with Crippen molar-refractivity contribution in [2.75, 3.05) is 6.54 Å². The Bertz CT molecular complexity index is 770. The molecule has 11 heteroatoms. The Kier molecular flexibility index (Phi) is 4.62. The van der Waals surface area contributed by atoms with Crippen LogP contribution in [0.1, 0.15) is 18.4 Å². The molecule has 2 unspecified atom stereocenters. The van der Waals surface area contributed by atoms with E-state index in [0.717, 1.165) is 5.56 Å². The maximum absolute atomic E-state index is 12.4. The zero-order valence-corrected chi connectivity index (χ0v) is 13.9. The normalized spacial score (nSPS) is 24.4. The third-order valence-corrected chi connectivity index (χ3v) is 4.88. The summed E-state index contributed by atoms with van der Waals surface area (Å²) in [6.45, 7) is 0.152. The van der Waals surface area contributed by atoms with Crippen LogP contribution in [0.3, 0.4) is 0 Å². The summed E-state index contributed by atoms with van der Waals surface area (Å²) >= 11 is 0. The quantitative estimate of drug-likeness (QED) is 0.682. The van der Waals surface area contributed by atoms with Gasteiger partial charge in [-0.15, -0.1) is 4.28 Å². The van der Waals surface area contributed by atoms with Gasteiger partial charge in [0.15, 0.2) is 0 Å². The molecule has 1 aromatic heterocycles. The monoisotopic (exact) mass is 371 g/mol. The summed E-state index contributed by atoms with van der Waals surface area (Å²) < 4.78 is 35.0. The number of hydrogen-bond acceptors (Lipinski definition) is 6. The van der Waals surface area contributed by atoms with E-state index in [1.54, 1.807) is 24.5 Å². The highest BCUT2D eigenvalue weighted by Gasteiger charge is 2.50. The van der Waals surface area contributed by atoms with Gasteiger partial charge < -0.3 is 10.0 Å². The summed E-state index contributed by atoms with van der Waals surface area (Å²) in [5.74, 6) is -1.89. The molecule has 3 rings (SSSR count). The minimum absolute atomic E-state index is 0.152. The standard InChI is InChI=1S/C14H17N3O7S/c18-13(19)11(7-9-3-5-15-6-4-9)12-2-1-10-8-16(12)14(20)17(10)24-25(21,22)23/h3-6,10-12H,1-2,7-8H2,(H,18,19)(H,21,22,23)/t10-,11?,12?/m1/s1. The Hall–Kier alpha value is -2.24. The average molecular weight is 371 g/mol. The maximum Gasteiger partial charge on any atom is 0.418 e. The number of hydroxylamine groups is 2. The van der Waals surface area contributed by atoms with Crippen molar-refractivity contribution in [2.45, 2.75) is 31.3 Å². The Morgan fingerprint density at radius 3 is 2.64 bits per heavy atom. The van der Waals surface area contributed by atoms with Crippen LogP contribution in [0.2, 0.25) is 0 Å². The SMILES string of the molecule is O=C(O)C(Cc1ccncc1)C1CC[C@@H]2CN1C(=O)N2OS(=O)(=O)O. The number of carboxylic acid groups (broad SMARTS) is 1. The lowest BCUT2D eigenvalue weighted by atomic mass is 9.86. The molecule has 2 saturated heterocycles. The van der Waals surface area contributed by atoms with Crippen LogP contribution < -0.4 is 0 Å². The van der Waals surface area contributed by atoms with E-state index in [2.05, 4.69) is 9.27 Å². The van der Waals surface area contributed by atoms with Crippen LogP contribution in [0, 0.1) is 5.92 Å². The predicted octanol–water partition coefficient (Wildman–Crippen LogP) is 0.328. The molecule has 3 atom stereocenters. The first-order valence-corrected chi connectivity index (χ1v) is 9.01. The van der Waals surface area contributed by atoms with Gasteiger partial charge >= 0.3 is 22.4 Å².